The summed E-state index contributed by atoms with van der Waals surface area (Å²) in [4.78, 5) is 14.3. The van der Waals surface area contributed by atoms with Gasteiger partial charge in [0.05, 0.1) is 18.8 Å². The minimum atomic E-state index is -0.428. The van der Waals surface area contributed by atoms with Gasteiger partial charge in [-0.15, -0.1) is 0 Å². The molecule has 7 heteroatoms. The zero-order chi connectivity index (χ0) is 18.8. The highest BCUT2D eigenvalue weighted by atomic mass is 19.1. The van der Waals surface area contributed by atoms with Gasteiger partial charge in [0.15, 0.2) is 0 Å². The molecule has 0 radical (unpaired) electrons. The van der Waals surface area contributed by atoms with Gasteiger partial charge in [-0.3, -0.25) is 9.48 Å². The van der Waals surface area contributed by atoms with Gasteiger partial charge < -0.3 is 9.64 Å². The first-order valence-electron chi connectivity index (χ1n) is 8.57. The van der Waals surface area contributed by atoms with Crippen LogP contribution in [0, 0.1) is 11.6 Å². The van der Waals surface area contributed by atoms with Gasteiger partial charge >= 0.3 is 0 Å². The summed E-state index contributed by atoms with van der Waals surface area (Å²) >= 11 is 0. The summed E-state index contributed by atoms with van der Waals surface area (Å²) in [5.74, 6) is -0.387. The summed E-state index contributed by atoms with van der Waals surface area (Å²) in [5, 5.41) is 4.48. The van der Waals surface area contributed by atoms with Crippen LogP contribution in [-0.4, -0.2) is 27.1 Å². The zero-order valence-electron chi connectivity index (χ0n) is 14.4. The van der Waals surface area contributed by atoms with Crippen LogP contribution in [0.5, 0.6) is 5.75 Å². The number of fused-ring (bicyclic) bond motifs is 1. The van der Waals surface area contributed by atoms with Crippen molar-refractivity contribution in [1.82, 2.24) is 14.7 Å². The van der Waals surface area contributed by atoms with Gasteiger partial charge in [0, 0.05) is 12.1 Å². The molecule has 0 fully saturated rings. The monoisotopic (exact) mass is 369 g/mol. The van der Waals surface area contributed by atoms with Gasteiger partial charge in [-0.1, -0.05) is 6.07 Å². The summed E-state index contributed by atoms with van der Waals surface area (Å²) < 4.78 is 33.8. The molecule has 0 N–H and O–H groups in total. The third-order valence-corrected chi connectivity index (χ3v) is 4.41. The zero-order valence-corrected chi connectivity index (χ0v) is 14.4. The standard InChI is InChI=1S/C20H17F2N3O2/c21-15-4-6-19(7-5-15)27-13-17-11-18-12-24(8-9-25(18)23-17)20(26)14-2-1-3-16(22)10-14/h1-7,10-11H,8-9,12-13H2. The Hall–Kier alpha value is -3.22. The largest absolute Gasteiger partial charge is 0.487 e. The number of rotatable bonds is 4. The molecule has 0 spiro atoms. The van der Waals surface area contributed by atoms with E-state index in [0.717, 1.165) is 11.4 Å². The fourth-order valence-corrected chi connectivity index (χ4v) is 3.06. The van der Waals surface area contributed by atoms with Gasteiger partial charge in [-0.25, -0.2) is 8.78 Å². The second-order valence-corrected chi connectivity index (χ2v) is 6.33. The topological polar surface area (TPSA) is 47.4 Å². The fraction of sp³-hybridized carbons (Fsp3) is 0.200. The Morgan fingerprint density at radius 3 is 2.63 bits per heavy atom. The van der Waals surface area contributed by atoms with Gasteiger partial charge in [0.1, 0.15) is 29.7 Å². The first-order chi connectivity index (χ1) is 13.1. The van der Waals surface area contributed by atoms with Gasteiger partial charge in [0.25, 0.3) is 5.91 Å². The Bertz CT molecular complexity index is 970. The van der Waals surface area contributed by atoms with E-state index in [1.54, 1.807) is 23.1 Å². The number of aromatic nitrogens is 2. The van der Waals surface area contributed by atoms with Gasteiger partial charge in [-0.2, -0.15) is 5.10 Å². The molecule has 0 saturated heterocycles. The molecule has 2 heterocycles. The van der Waals surface area contributed by atoms with Gasteiger partial charge in [-0.05, 0) is 48.5 Å². The molecule has 5 nitrogen and oxygen atoms in total. The molecule has 4 rings (SSSR count). The third kappa shape index (κ3) is 3.81. The maximum Gasteiger partial charge on any atom is 0.254 e. The molecule has 0 unspecified atom stereocenters. The van der Waals surface area contributed by atoms with E-state index in [4.69, 9.17) is 4.74 Å². The Morgan fingerprint density at radius 2 is 1.85 bits per heavy atom. The molecule has 1 aliphatic heterocycles. The molecular formula is C20H17F2N3O2. The number of amides is 1. The average molecular weight is 369 g/mol. The molecule has 138 valence electrons. The third-order valence-electron chi connectivity index (χ3n) is 4.41. The lowest BCUT2D eigenvalue weighted by atomic mass is 10.1. The van der Waals surface area contributed by atoms with Crippen molar-refractivity contribution in [3.63, 3.8) is 0 Å². The number of nitrogens with zero attached hydrogens (tertiary/aromatic N) is 3. The number of carbonyl (C=O) groups is 1. The molecule has 3 aromatic rings. The van der Waals surface area contributed by atoms with E-state index in [-0.39, 0.29) is 18.3 Å². The van der Waals surface area contributed by atoms with Crippen molar-refractivity contribution >= 4 is 5.91 Å². The number of ether oxygens (including phenoxy) is 1. The quantitative estimate of drug-likeness (QED) is 0.708. The van der Waals surface area contributed by atoms with Crippen LogP contribution in [0.3, 0.4) is 0 Å². The highest BCUT2D eigenvalue weighted by molar-refractivity contribution is 5.94. The minimum Gasteiger partial charge on any atom is -0.487 e. The maximum absolute atomic E-state index is 13.4. The number of hydrogen-bond donors (Lipinski definition) is 0. The van der Waals surface area contributed by atoms with Crippen LogP contribution >= 0.6 is 0 Å². The molecule has 0 aliphatic carbocycles. The first-order valence-corrected chi connectivity index (χ1v) is 8.57. The molecule has 0 saturated carbocycles. The van der Waals surface area contributed by atoms with Crippen LogP contribution in [-0.2, 0) is 19.7 Å². The van der Waals surface area contributed by atoms with Crippen molar-refractivity contribution in [2.75, 3.05) is 6.54 Å². The second-order valence-electron chi connectivity index (χ2n) is 6.33. The average Bonchev–Trinajstić information content (AvgIpc) is 3.09. The van der Waals surface area contributed by atoms with E-state index in [0.29, 0.717) is 30.9 Å². The van der Waals surface area contributed by atoms with Crippen LogP contribution in [0.2, 0.25) is 0 Å². The summed E-state index contributed by atoms with van der Waals surface area (Å²) in [6, 6.07) is 13.4. The Morgan fingerprint density at radius 1 is 1.04 bits per heavy atom. The van der Waals surface area contributed by atoms with Crippen LogP contribution in [0.15, 0.2) is 54.6 Å². The van der Waals surface area contributed by atoms with Crippen molar-refractivity contribution in [2.24, 2.45) is 0 Å². The Kier molecular flexibility index (Phi) is 4.58. The molecular weight excluding hydrogens is 352 g/mol. The lowest BCUT2D eigenvalue weighted by Crippen LogP contribution is -2.38. The van der Waals surface area contributed by atoms with E-state index in [1.165, 1.54) is 30.3 Å². The Labute approximate surface area is 154 Å². The number of carbonyl (C=O) groups excluding carboxylic acids is 1. The molecule has 2 aromatic carbocycles. The molecule has 1 aliphatic rings. The normalized spacial score (nSPS) is 13.3. The van der Waals surface area contributed by atoms with Crippen molar-refractivity contribution < 1.29 is 18.3 Å². The molecule has 1 amide bonds. The van der Waals surface area contributed by atoms with Gasteiger partial charge in [0.2, 0.25) is 0 Å². The van der Waals surface area contributed by atoms with E-state index in [2.05, 4.69) is 5.10 Å². The second kappa shape index (κ2) is 7.19. The number of hydrogen-bond acceptors (Lipinski definition) is 3. The Balaban J connectivity index is 1.42. The number of halogens is 2. The SMILES string of the molecule is O=C(c1cccc(F)c1)N1CCn2nc(COc3ccc(F)cc3)cc2C1. The summed E-state index contributed by atoms with van der Waals surface area (Å²) in [6.07, 6.45) is 0. The van der Waals surface area contributed by atoms with Crippen molar-refractivity contribution in [1.29, 1.82) is 0 Å². The lowest BCUT2D eigenvalue weighted by molar-refractivity contribution is 0.0705. The van der Waals surface area contributed by atoms with Crippen molar-refractivity contribution in [3.8, 4) is 5.75 Å². The predicted octanol–water partition coefficient (Wildman–Crippen LogP) is 3.40. The number of benzene rings is 2. The minimum absolute atomic E-state index is 0.203. The summed E-state index contributed by atoms with van der Waals surface area (Å²) in [7, 11) is 0. The highest BCUT2D eigenvalue weighted by Crippen LogP contribution is 2.18. The van der Waals surface area contributed by atoms with Crippen LogP contribution in [0.1, 0.15) is 21.7 Å². The fourth-order valence-electron chi connectivity index (χ4n) is 3.06. The first kappa shape index (κ1) is 17.2. The summed E-state index contributed by atoms with van der Waals surface area (Å²) in [6.45, 7) is 1.72. The van der Waals surface area contributed by atoms with Crippen molar-refractivity contribution in [2.45, 2.75) is 19.7 Å². The molecule has 27 heavy (non-hydrogen) atoms. The molecule has 0 bridgehead atoms. The summed E-state index contributed by atoms with van der Waals surface area (Å²) in [5.41, 5.74) is 1.96. The molecule has 1 aromatic heterocycles. The van der Waals surface area contributed by atoms with E-state index < -0.39 is 5.82 Å². The van der Waals surface area contributed by atoms with E-state index in [1.807, 2.05) is 10.7 Å². The van der Waals surface area contributed by atoms with Crippen LogP contribution in [0.25, 0.3) is 0 Å². The maximum atomic E-state index is 13.4. The predicted molar refractivity (Wildman–Crippen MR) is 94.1 cm³/mol. The van der Waals surface area contributed by atoms with Crippen molar-refractivity contribution in [3.05, 3.63) is 83.2 Å². The van der Waals surface area contributed by atoms with Crippen LogP contribution < -0.4 is 4.74 Å². The highest BCUT2D eigenvalue weighted by Gasteiger charge is 2.23. The smallest absolute Gasteiger partial charge is 0.254 e. The van der Waals surface area contributed by atoms with E-state index >= 15 is 0 Å². The van der Waals surface area contributed by atoms with Crippen LogP contribution in [0.4, 0.5) is 8.78 Å². The van der Waals surface area contributed by atoms with E-state index in [9.17, 15) is 13.6 Å². The lowest BCUT2D eigenvalue weighted by Gasteiger charge is -2.27. The molecule has 0 atom stereocenters.